The van der Waals surface area contributed by atoms with Gasteiger partial charge in [-0.25, -0.2) is 23.5 Å². The maximum atomic E-state index is 14.0. The Hall–Kier alpha value is -2.54. The average molecular weight is 448 g/mol. The van der Waals surface area contributed by atoms with Crippen LogP contribution in [0.15, 0.2) is 15.6 Å². The molecule has 3 N–H and O–H groups in total. The molecule has 0 bridgehead atoms. The van der Waals surface area contributed by atoms with Crippen LogP contribution in [0.1, 0.15) is 48.7 Å². The third kappa shape index (κ3) is 4.03. The van der Waals surface area contributed by atoms with Crippen molar-refractivity contribution in [2.75, 3.05) is 5.32 Å². The third-order valence-electron chi connectivity index (χ3n) is 4.87. The molecule has 0 saturated carbocycles. The molecule has 1 unspecified atom stereocenters. The SMILES string of the molecule is CCn1cc(F)c([S@](N)(=O)=NC(=O)Nc2c(C)c(C(F)(F)F)nc3c2C(C)CC3)n1. The first-order chi connectivity index (χ1) is 13.8. The van der Waals surface area contributed by atoms with Crippen LogP contribution in [0.25, 0.3) is 0 Å². The Morgan fingerprint density at radius 2 is 2.13 bits per heavy atom. The molecular weight excluding hydrogens is 428 g/mol. The Kier molecular flexibility index (Phi) is 5.62. The quantitative estimate of drug-likeness (QED) is 0.696. The van der Waals surface area contributed by atoms with Crippen molar-refractivity contribution in [2.45, 2.75) is 57.3 Å². The maximum absolute atomic E-state index is 14.0. The first kappa shape index (κ1) is 22.2. The van der Waals surface area contributed by atoms with E-state index in [1.165, 1.54) is 6.92 Å². The third-order valence-corrected chi connectivity index (χ3v) is 6.14. The number of nitrogens with two attached hydrogens (primary N) is 1. The molecular formula is C17H20F4N6O2S. The van der Waals surface area contributed by atoms with E-state index in [0.29, 0.717) is 18.4 Å². The van der Waals surface area contributed by atoms with Crippen LogP contribution in [0.3, 0.4) is 0 Å². The van der Waals surface area contributed by atoms with Crippen molar-refractivity contribution in [1.82, 2.24) is 14.8 Å². The van der Waals surface area contributed by atoms with Gasteiger partial charge >= 0.3 is 12.2 Å². The van der Waals surface area contributed by atoms with Crippen LogP contribution in [0.4, 0.5) is 28.0 Å². The minimum atomic E-state index is -4.72. The Labute approximate surface area is 170 Å². The number of alkyl halides is 3. The predicted molar refractivity (Wildman–Crippen MR) is 101 cm³/mol. The number of pyridine rings is 1. The molecule has 0 spiro atoms. The lowest BCUT2D eigenvalue weighted by atomic mass is 9.99. The van der Waals surface area contributed by atoms with E-state index in [9.17, 15) is 26.6 Å². The Bertz CT molecular complexity index is 1130. The minimum absolute atomic E-state index is 0.0964. The number of hydrogen-bond donors (Lipinski definition) is 2. The lowest BCUT2D eigenvalue weighted by Crippen LogP contribution is -2.21. The van der Waals surface area contributed by atoms with E-state index in [0.717, 1.165) is 10.9 Å². The number of anilines is 1. The second kappa shape index (κ2) is 7.61. The lowest BCUT2D eigenvalue weighted by molar-refractivity contribution is -0.141. The normalized spacial score (nSPS) is 18.1. The number of amides is 2. The summed E-state index contributed by atoms with van der Waals surface area (Å²) in [7, 11) is -4.06. The molecule has 0 aromatic carbocycles. The number of nitrogens with zero attached hydrogens (tertiary/aromatic N) is 4. The monoisotopic (exact) mass is 448 g/mol. The Balaban J connectivity index is 2.05. The van der Waals surface area contributed by atoms with E-state index < -0.39 is 38.7 Å². The molecule has 2 aromatic rings. The second-order valence-corrected chi connectivity index (χ2v) is 8.69. The summed E-state index contributed by atoms with van der Waals surface area (Å²) in [6, 6.07) is -1.27. The Morgan fingerprint density at radius 3 is 2.70 bits per heavy atom. The van der Waals surface area contributed by atoms with Gasteiger partial charge in [-0.05, 0) is 32.6 Å². The summed E-state index contributed by atoms with van der Waals surface area (Å²) in [5.74, 6) is -1.15. The van der Waals surface area contributed by atoms with E-state index in [1.807, 2.05) is 0 Å². The molecule has 13 heteroatoms. The minimum Gasteiger partial charge on any atom is -0.305 e. The zero-order chi connectivity index (χ0) is 22.4. The van der Waals surface area contributed by atoms with Crippen molar-refractivity contribution in [1.29, 1.82) is 0 Å². The van der Waals surface area contributed by atoms with E-state index in [-0.39, 0.29) is 29.4 Å². The van der Waals surface area contributed by atoms with Gasteiger partial charge in [0.1, 0.15) is 5.69 Å². The fourth-order valence-corrected chi connectivity index (χ4v) is 4.37. The topological polar surface area (TPSA) is 115 Å². The number of carbonyl (C=O) groups is 1. The number of aromatic nitrogens is 3. The molecule has 8 nitrogen and oxygen atoms in total. The number of urea groups is 1. The van der Waals surface area contributed by atoms with Crippen LogP contribution >= 0.6 is 0 Å². The molecule has 2 atom stereocenters. The van der Waals surface area contributed by atoms with Gasteiger partial charge in [0.25, 0.3) is 0 Å². The van der Waals surface area contributed by atoms with Crippen LogP contribution in [0.2, 0.25) is 0 Å². The summed E-state index contributed by atoms with van der Waals surface area (Å²) < 4.78 is 71.2. The highest BCUT2D eigenvalue weighted by Gasteiger charge is 2.39. The van der Waals surface area contributed by atoms with Crippen molar-refractivity contribution in [3.8, 4) is 0 Å². The van der Waals surface area contributed by atoms with Crippen molar-refractivity contribution in [2.24, 2.45) is 9.50 Å². The molecule has 0 saturated heterocycles. The van der Waals surface area contributed by atoms with Gasteiger partial charge in [-0.2, -0.15) is 18.3 Å². The van der Waals surface area contributed by atoms with Gasteiger partial charge < -0.3 is 5.32 Å². The molecule has 164 valence electrons. The molecule has 2 aromatic heterocycles. The summed E-state index contributed by atoms with van der Waals surface area (Å²) in [5.41, 5.74) is -0.804. The van der Waals surface area contributed by atoms with E-state index in [1.54, 1.807) is 13.8 Å². The average Bonchev–Trinajstić information content (AvgIpc) is 3.19. The smallest absolute Gasteiger partial charge is 0.305 e. The van der Waals surface area contributed by atoms with E-state index >= 15 is 0 Å². The maximum Gasteiger partial charge on any atom is 0.433 e. The molecule has 30 heavy (non-hydrogen) atoms. The number of hydrogen-bond acceptors (Lipinski definition) is 4. The first-order valence-electron chi connectivity index (χ1n) is 9.04. The number of aryl methyl sites for hydroxylation is 2. The standard InChI is InChI=1S/C17H20F4N6O2S/c1-4-27-7-10(18)15(25-27)30(22,29)26-16(28)24-13-9(3)14(17(19,20)21)23-11-6-5-8(2)12(11)13/h7-8H,4-6H2,1-3H3,(H3,22,23,24,26,28,29)/t8?,30-/m1/s1. The van der Waals surface area contributed by atoms with Crippen molar-refractivity contribution in [3.05, 3.63) is 34.5 Å². The van der Waals surface area contributed by atoms with Crippen LogP contribution < -0.4 is 10.5 Å². The summed E-state index contributed by atoms with van der Waals surface area (Å²) >= 11 is 0. The number of halogens is 4. The first-order valence-corrected chi connectivity index (χ1v) is 10.6. The van der Waals surface area contributed by atoms with Crippen molar-refractivity contribution in [3.63, 3.8) is 0 Å². The van der Waals surface area contributed by atoms with E-state index in [4.69, 9.17) is 5.14 Å². The molecule has 3 rings (SSSR count). The van der Waals surface area contributed by atoms with Crippen molar-refractivity contribution >= 4 is 21.6 Å². The van der Waals surface area contributed by atoms with E-state index in [2.05, 4.69) is 19.8 Å². The fourth-order valence-electron chi connectivity index (χ4n) is 3.44. The fraction of sp³-hybridized carbons (Fsp3) is 0.471. The van der Waals surface area contributed by atoms with Crippen molar-refractivity contribution < 1.29 is 26.6 Å². The van der Waals surface area contributed by atoms with Gasteiger partial charge in [-0.15, -0.1) is 4.36 Å². The van der Waals surface area contributed by atoms with Gasteiger partial charge in [0.15, 0.2) is 15.7 Å². The zero-order valence-corrected chi connectivity index (χ0v) is 17.2. The van der Waals surface area contributed by atoms with Gasteiger partial charge in [0.05, 0.1) is 11.9 Å². The summed E-state index contributed by atoms with van der Waals surface area (Å²) in [5, 5.41) is 10.8. The zero-order valence-electron chi connectivity index (χ0n) is 16.4. The molecule has 2 heterocycles. The lowest BCUT2D eigenvalue weighted by Gasteiger charge is -2.19. The van der Waals surface area contributed by atoms with Gasteiger partial charge in [0.2, 0.25) is 5.03 Å². The molecule has 1 aliphatic rings. The molecule has 0 aliphatic heterocycles. The Morgan fingerprint density at radius 1 is 1.47 bits per heavy atom. The number of carbonyl (C=O) groups excluding carboxylic acids is 1. The van der Waals surface area contributed by atoms with Gasteiger partial charge in [-0.1, -0.05) is 6.92 Å². The van der Waals surface area contributed by atoms with Crippen LogP contribution in [0.5, 0.6) is 0 Å². The summed E-state index contributed by atoms with van der Waals surface area (Å²) in [4.78, 5) is 16.2. The molecule has 1 aliphatic carbocycles. The number of fused-ring (bicyclic) bond motifs is 1. The largest absolute Gasteiger partial charge is 0.433 e. The van der Waals surface area contributed by atoms with Crippen LogP contribution in [-0.2, 0) is 29.1 Å². The predicted octanol–water partition coefficient (Wildman–Crippen LogP) is 3.75. The molecule has 2 amide bonds. The van der Waals surface area contributed by atoms with Gasteiger partial charge in [0, 0.05) is 23.4 Å². The highest BCUT2D eigenvalue weighted by molar-refractivity contribution is 7.91. The number of rotatable bonds is 3. The summed E-state index contributed by atoms with van der Waals surface area (Å²) in [6.45, 7) is 4.90. The number of nitrogens with one attached hydrogen (secondary N) is 1. The molecule has 0 radical (unpaired) electrons. The van der Waals surface area contributed by atoms with Crippen LogP contribution in [-0.4, -0.2) is 25.0 Å². The highest BCUT2D eigenvalue weighted by atomic mass is 32.2. The summed E-state index contributed by atoms with van der Waals surface area (Å²) in [6.07, 6.45) is -2.88. The van der Waals surface area contributed by atoms with Crippen LogP contribution in [0, 0.1) is 12.7 Å². The van der Waals surface area contributed by atoms with Gasteiger partial charge in [-0.3, -0.25) is 4.68 Å². The second-order valence-electron chi connectivity index (χ2n) is 6.99. The molecule has 0 fully saturated rings. The highest BCUT2D eigenvalue weighted by Crippen LogP contribution is 2.43.